The smallest absolute Gasteiger partial charge is 0.238 e. The number of ether oxygens (including phenoxy) is 1. The van der Waals surface area contributed by atoms with Crippen molar-refractivity contribution in [1.29, 1.82) is 0 Å². The molecule has 2 aromatic carbocycles. The second kappa shape index (κ2) is 8.83. The average Bonchev–Trinajstić information content (AvgIpc) is 2.64. The molecule has 26 heavy (non-hydrogen) atoms. The van der Waals surface area contributed by atoms with Crippen LogP contribution < -0.4 is 10.2 Å². The van der Waals surface area contributed by atoms with E-state index < -0.39 is 0 Å². The minimum atomic E-state index is 0.0168. The molecule has 3 rings (SSSR count). The summed E-state index contributed by atoms with van der Waals surface area (Å²) < 4.78 is 5.78. The molecule has 1 fully saturated rings. The van der Waals surface area contributed by atoms with Crippen molar-refractivity contribution in [1.82, 2.24) is 15.3 Å². The van der Waals surface area contributed by atoms with Crippen molar-refractivity contribution in [2.24, 2.45) is 0 Å². The predicted octanol–water partition coefficient (Wildman–Crippen LogP) is 3.08. The molecule has 1 aliphatic rings. The summed E-state index contributed by atoms with van der Waals surface area (Å²) in [6.07, 6.45) is 2.53. The van der Waals surface area contributed by atoms with Crippen molar-refractivity contribution >= 4 is 5.91 Å². The van der Waals surface area contributed by atoms with Gasteiger partial charge in [-0.3, -0.25) is 10.2 Å². The van der Waals surface area contributed by atoms with Crippen LogP contribution in [0.25, 0.3) is 0 Å². The Hall–Kier alpha value is -2.37. The lowest BCUT2D eigenvalue weighted by atomic mass is 10.1. The Morgan fingerprint density at radius 3 is 2.35 bits per heavy atom. The number of benzene rings is 2. The van der Waals surface area contributed by atoms with Crippen LogP contribution in [0.15, 0.2) is 54.6 Å². The van der Waals surface area contributed by atoms with E-state index in [1.54, 1.807) is 0 Å². The average molecular weight is 353 g/mol. The van der Waals surface area contributed by atoms with Crippen LogP contribution in [-0.2, 0) is 11.2 Å². The summed E-state index contributed by atoms with van der Waals surface area (Å²) in [5.74, 6) is 1.59. The zero-order valence-electron chi connectivity index (χ0n) is 15.5. The zero-order chi connectivity index (χ0) is 18.4. The fourth-order valence-corrected chi connectivity index (χ4v) is 3.20. The Balaban J connectivity index is 1.48. The van der Waals surface area contributed by atoms with Crippen molar-refractivity contribution in [2.45, 2.75) is 25.3 Å². The van der Waals surface area contributed by atoms with Crippen LogP contribution in [-0.4, -0.2) is 49.0 Å². The van der Waals surface area contributed by atoms with Gasteiger partial charge >= 0.3 is 0 Å². The minimum Gasteiger partial charge on any atom is -0.457 e. The second-order valence-electron chi connectivity index (χ2n) is 6.92. The molecule has 1 heterocycles. The number of amides is 1. The van der Waals surface area contributed by atoms with Crippen molar-refractivity contribution in [3.05, 3.63) is 60.2 Å². The maximum Gasteiger partial charge on any atom is 0.238 e. The summed E-state index contributed by atoms with van der Waals surface area (Å²) >= 11 is 0. The lowest BCUT2D eigenvalue weighted by Crippen LogP contribution is -2.50. The number of likely N-dealkylation sites (tertiary alicyclic amines) is 1. The van der Waals surface area contributed by atoms with Crippen LogP contribution in [0.5, 0.6) is 11.5 Å². The summed E-state index contributed by atoms with van der Waals surface area (Å²) in [6, 6.07) is 17.8. The van der Waals surface area contributed by atoms with Crippen LogP contribution in [0.2, 0.25) is 0 Å². The van der Waals surface area contributed by atoms with Gasteiger partial charge in [-0.2, -0.15) is 0 Å². The first kappa shape index (κ1) is 18.4. The molecular weight excluding hydrogens is 326 g/mol. The van der Waals surface area contributed by atoms with E-state index in [-0.39, 0.29) is 5.91 Å². The number of hydrogen-bond acceptors (Lipinski definition) is 4. The molecule has 0 atom stereocenters. The number of hydrazine groups is 1. The van der Waals surface area contributed by atoms with Crippen LogP contribution in [0, 0.1) is 0 Å². The van der Waals surface area contributed by atoms with Gasteiger partial charge in [0.1, 0.15) is 11.5 Å². The van der Waals surface area contributed by atoms with Crippen molar-refractivity contribution in [3.8, 4) is 11.5 Å². The number of nitrogens with one attached hydrogen (secondary N) is 1. The molecule has 1 aliphatic heterocycles. The van der Waals surface area contributed by atoms with Gasteiger partial charge in [-0.1, -0.05) is 30.3 Å². The first-order valence-electron chi connectivity index (χ1n) is 9.13. The standard InChI is InChI=1S/C21H27N3O2/c1-23-14-12-18(13-15-23)24(2)22-21(25)16-17-8-10-20(11-9-17)26-19-6-4-3-5-7-19/h3-11,18H,12-16H2,1-2H3,(H,22,25). The van der Waals surface area contributed by atoms with Gasteiger partial charge in [0.15, 0.2) is 0 Å². The molecule has 2 aromatic rings. The highest BCUT2D eigenvalue weighted by molar-refractivity contribution is 5.78. The maximum absolute atomic E-state index is 12.3. The van der Waals surface area contributed by atoms with E-state index in [1.807, 2.05) is 66.7 Å². The van der Waals surface area contributed by atoms with E-state index in [4.69, 9.17) is 4.74 Å². The number of carbonyl (C=O) groups is 1. The number of carbonyl (C=O) groups excluding carboxylic acids is 1. The molecule has 0 radical (unpaired) electrons. The van der Waals surface area contributed by atoms with E-state index in [1.165, 1.54) is 0 Å². The Kier molecular flexibility index (Phi) is 6.26. The van der Waals surface area contributed by atoms with Gasteiger partial charge in [0.25, 0.3) is 0 Å². The third kappa shape index (κ3) is 5.31. The molecule has 1 N–H and O–H groups in total. The number of hydrogen-bond donors (Lipinski definition) is 1. The van der Waals surface area contributed by atoms with Gasteiger partial charge in [-0.05, 0) is 62.8 Å². The van der Waals surface area contributed by atoms with E-state index in [9.17, 15) is 4.79 Å². The van der Waals surface area contributed by atoms with Crippen LogP contribution in [0.1, 0.15) is 18.4 Å². The molecule has 5 nitrogen and oxygen atoms in total. The maximum atomic E-state index is 12.3. The molecule has 0 aliphatic carbocycles. The van der Waals surface area contributed by atoms with Crippen LogP contribution in [0.4, 0.5) is 0 Å². The molecule has 0 saturated carbocycles. The SMILES string of the molecule is CN1CCC(N(C)NC(=O)Cc2ccc(Oc3ccccc3)cc2)CC1. The third-order valence-electron chi connectivity index (χ3n) is 4.80. The molecule has 0 unspecified atom stereocenters. The minimum absolute atomic E-state index is 0.0168. The van der Waals surface area contributed by atoms with Crippen molar-refractivity contribution < 1.29 is 9.53 Å². The van der Waals surface area contributed by atoms with E-state index in [0.717, 1.165) is 43.0 Å². The molecular formula is C21H27N3O2. The van der Waals surface area contributed by atoms with Gasteiger partial charge in [-0.15, -0.1) is 0 Å². The monoisotopic (exact) mass is 353 g/mol. The Labute approximate surface area is 155 Å². The van der Waals surface area contributed by atoms with Gasteiger partial charge in [0.2, 0.25) is 5.91 Å². The number of piperidine rings is 1. The molecule has 0 bridgehead atoms. The molecule has 5 heteroatoms. The lowest BCUT2D eigenvalue weighted by Gasteiger charge is -2.35. The van der Waals surface area contributed by atoms with Crippen molar-refractivity contribution in [3.63, 3.8) is 0 Å². The fourth-order valence-electron chi connectivity index (χ4n) is 3.20. The summed E-state index contributed by atoms with van der Waals surface area (Å²) in [4.78, 5) is 14.6. The molecule has 1 saturated heterocycles. The highest BCUT2D eigenvalue weighted by atomic mass is 16.5. The van der Waals surface area contributed by atoms with Crippen molar-refractivity contribution in [2.75, 3.05) is 27.2 Å². The third-order valence-corrected chi connectivity index (χ3v) is 4.80. The summed E-state index contributed by atoms with van der Waals surface area (Å²) in [6.45, 7) is 2.15. The number of para-hydroxylation sites is 1. The second-order valence-corrected chi connectivity index (χ2v) is 6.92. The van der Waals surface area contributed by atoms with Gasteiger partial charge < -0.3 is 9.64 Å². The van der Waals surface area contributed by atoms with Gasteiger partial charge in [-0.25, -0.2) is 5.01 Å². The molecule has 0 aromatic heterocycles. The van der Waals surface area contributed by atoms with Gasteiger partial charge in [0.05, 0.1) is 6.42 Å². The quantitative estimate of drug-likeness (QED) is 0.811. The Bertz CT molecular complexity index is 695. The summed E-state index contributed by atoms with van der Waals surface area (Å²) in [5.41, 5.74) is 3.98. The van der Waals surface area contributed by atoms with Crippen LogP contribution >= 0.6 is 0 Å². The van der Waals surface area contributed by atoms with E-state index in [2.05, 4.69) is 17.4 Å². The molecule has 1 amide bonds. The summed E-state index contributed by atoms with van der Waals surface area (Å²) in [5, 5.41) is 1.97. The summed E-state index contributed by atoms with van der Waals surface area (Å²) in [7, 11) is 4.10. The fraction of sp³-hybridized carbons (Fsp3) is 0.381. The first-order valence-corrected chi connectivity index (χ1v) is 9.13. The zero-order valence-corrected chi connectivity index (χ0v) is 15.5. The van der Waals surface area contributed by atoms with E-state index in [0.29, 0.717) is 12.5 Å². The van der Waals surface area contributed by atoms with E-state index >= 15 is 0 Å². The Morgan fingerprint density at radius 1 is 1.08 bits per heavy atom. The largest absolute Gasteiger partial charge is 0.457 e. The normalized spacial score (nSPS) is 15.8. The highest BCUT2D eigenvalue weighted by Crippen LogP contribution is 2.21. The molecule has 0 spiro atoms. The highest BCUT2D eigenvalue weighted by Gasteiger charge is 2.21. The lowest BCUT2D eigenvalue weighted by molar-refractivity contribution is -0.126. The predicted molar refractivity (Wildman–Crippen MR) is 103 cm³/mol. The van der Waals surface area contributed by atoms with Gasteiger partial charge in [0, 0.05) is 13.1 Å². The Morgan fingerprint density at radius 2 is 1.69 bits per heavy atom. The number of nitrogens with zero attached hydrogens (tertiary/aromatic N) is 2. The van der Waals surface area contributed by atoms with Crippen LogP contribution in [0.3, 0.4) is 0 Å². The molecule has 138 valence electrons. The number of rotatable bonds is 6. The topological polar surface area (TPSA) is 44.8 Å². The first-order chi connectivity index (χ1) is 12.6.